The van der Waals surface area contributed by atoms with Gasteiger partial charge in [0.15, 0.2) is 0 Å². The summed E-state index contributed by atoms with van der Waals surface area (Å²) in [6.45, 7) is 10.3. The zero-order valence-corrected chi connectivity index (χ0v) is 13.7. The number of aliphatic hydroxyl groups is 1. The first-order valence-corrected chi connectivity index (χ1v) is 8.25. The van der Waals surface area contributed by atoms with Gasteiger partial charge >= 0.3 is 0 Å². The van der Waals surface area contributed by atoms with Crippen LogP contribution < -0.4 is 5.32 Å². The smallest absolute Gasteiger partial charge is 0.0746 e. The lowest BCUT2D eigenvalue weighted by Crippen LogP contribution is -2.46. The van der Waals surface area contributed by atoms with Gasteiger partial charge < -0.3 is 15.3 Å². The second-order valence-corrected chi connectivity index (χ2v) is 6.63. The largest absolute Gasteiger partial charge is 0.389 e. The fourth-order valence-electron chi connectivity index (χ4n) is 3.42. The quantitative estimate of drug-likeness (QED) is 0.845. The molecule has 1 aliphatic rings. The Hall–Kier alpha value is -0.900. The summed E-state index contributed by atoms with van der Waals surface area (Å²) in [6.07, 6.45) is 3.12. The van der Waals surface area contributed by atoms with Crippen LogP contribution in [-0.2, 0) is 0 Å². The Balaban J connectivity index is 1.96. The molecule has 0 aliphatic carbocycles. The van der Waals surface area contributed by atoms with Crippen molar-refractivity contribution in [2.24, 2.45) is 0 Å². The summed E-state index contributed by atoms with van der Waals surface area (Å²) in [7, 11) is 0. The number of benzene rings is 1. The molecule has 0 radical (unpaired) electrons. The van der Waals surface area contributed by atoms with E-state index in [2.05, 4.69) is 48.3 Å². The average Bonchev–Trinajstić information content (AvgIpc) is 2.43. The molecule has 0 aromatic heterocycles. The van der Waals surface area contributed by atoms with E-state index in [1.165, 1.54) is 11.1 Å². The van der Waals surface area contributed by atoms with Gasteiger partial charge in [-0.2, -0.15) is 0 Å². The molecule has 1 fully saturated rings. The van der Waals surface area contributed by atoms with Crippen LogP contribution in [0.4, 0.5) is 0 Å². The second kappa shape index (κ2) is 7.39. The molecule has 1 saturated heterocycles. The minimum absolute atomic E-state index is 0.406. The van der Waals surface area contributed by atoms with Crippen LogP contribution in [0.3, 0.4) is 0 Å². The molecule has 0 spiro atoms. The van der Waals surface area contributed by atoms with Crippen LogP contribution in [0.2, 0.25) is 0 Å². The van der Waals surface area contributed by atoms with Gasteiger partial charge in [0.25, 0.3) is 0 Å². The predicted octanol–water partition coefficient (Wildman–Crippen LogP) is 2.88. The molecule has 1 aromatic carbocycles. The molecule has 2 rings (SSSR count). The minimum Gasteiger partial charge on any atom is -0.389 e. The molecular formula is C18H30N2O. The Morgan fingerprint density at radius 2 is 2.14 bits per heavy atom. The van der Waals surface area contributed by atoms with Crippen molar-refractivity contribution >= 4 is 0 Å². The van der Waals surface area contributed by atoms with Gasteiger partial charge in [0.1, 0.15) is 0 Å². The Morgan fingerprint density at radius 3 is 2.81 bits per heavy atom. The highest BCUT2D eigenvalue weighted by Crippen LogP contribution is 2.24. The van der Waals surface area contributed by atoms with Crippen LogP contribution >= 0.6 is 0 Å². The minimum atomic E-state index is -0.505. The van der Waals surface area contributed by atoms with Crippen molar-refractivity contribution in [1.82, 2.24) is 10.2 Å². The topological polar surface area (TPSA) is 35.5 Å². The van der Waals surface area contributed by atoms with E-state index in [1.807, 2.05) is 6.92 Å². The molecule has 2 unspecified atom stereocenters. The average molecular weight is 290 g/mol. The lowest BCUT2D eigenvalue weighted by atomic mass is 9.94. The monoisotopic (exact) mass is 290 g/mol. The van der Waals surface area contributed by atoms with Crippen molar-refractivity contribution in [1.29, 1.82) is 0 Å². The third-order valence-corrected chi connectivity index (χ3v) is 4.50. The van der Waals surface area contributed by atoms with Crippen LogP contribution in [0.25, 0.3) is 0 Å². The Labute approximate surface area is 129 Å². The van der Waals surface area contributed by atoms with Crippen molar-refractivity contribution in [2.75, 3.05) is 26.2 Å². The van der Waals surface area contributed by atoms with Crippen LogP contribution in [0, 0.1) is 6.92 Å². The summed E-state index contributed by atoms with van der Waals surface area (Å²) in [6, 6.07) is 9.05. The second-order valence-electron chi connectivity index (χ2n) is 6.63. The molecule has 0 amide bonds. The first-order valence-electron chi connectivity index (χ1n) is 8.25. The van der Waals surface area contributed by atoms with Gasteiger partial charge in [0.05, 0.1) is 5.60 Å². The van der Waals surface area contributed by atoms with E-state index in [0.717, 1.165) is 45.4 Å². The van der Waals surface area contributed by atoms with Gasteiger partial charge in [-0.25, -0.2) is 0 Å². The van der Waals surface area contributed by atoms with E-state index >= 15 is 0 Å². The van der Waals surface area contributed by atoms with E-state index in [0.29, 0.717) is 6.04 Å². The Morgan fingerprint density at radius 1 is 1.38 bits per heavy atom. The Kier molecular flexibility index (Phi) is 5.80. The molecule has 0 bridgehead atoms. The molecule has 0 saturated carbocycles. The fraction of sp³-hybridized carbons (Fsp3) is 0.667. The van der Waals surface area contributed by atoms with Gasteiger partial charge in [0, 0.05) is 19.1 Å². The first-order chi connectivity index (χ1) is 10.0. The lowest BCUT2D eigenvalue weighted by molar-refractivity contribution is -0.0163. The normalized spacial score (nSPS) is 25.0. The number of hydrogen-bond acceptors (Lipinski definition) is 3. The van der Waals surface area contributed by atoms with Crippen LogP contribution in [0.15, 0.2) is 24.3 Å². The van der Waals surface area contributed by atoms with E-state index < -0.39 is 5.60 Å². The van der Waals surface area contributed by atoms with Crippen LogP contribution in [0.1, 0.15) is 50.3 Å². The molecule has 2 atom stereocenters. The Bertz CT molecular complexity index is 445. The number of nitrogens with zero attached hydrogens (tertiary/aromatic N) is 1. The van der Waals surface area contributed by atoms with E-state index in [4.69, 9.17) is 0 Å². The number of nitrogens with one attached hydrogen (secondary N) is 1. The SMILES string of the molecule is CCNC(CCN1CCCC(C)(O)C1)c1ccccc1C. The fourth-order valence-corrected chi connectivity index (χ4v) is 3.42. The number of rotatable bonds is 6. The highest BCUT2D eigenvalue weighted by atomic mass is 16.3. The highest BCUT2D eigenvalue weighted by molar-refractivity contribution is 5.28. The number of β-amino-alcohol motifs (C(OH)–C–C–N with tert-alkyl or cyclic N) is 1. The van der Waals surface area contributed by atoms with Gasteiger partial charge in [0.2, 0.25) is 0 Å². The molecule has 2 N–H and O–H groups in total. The molecule has 3 nitrogen and oxygen atoms in total. The zero-order valence-electron chi connectivity index (χ0n) is 13.7. The highest BCUT2D eigenvalue weighted by Gasteiger charge is 2.28. The molecular weight excluding hydrogens is 260 g/mol. The molecule has 1 aromatic rings. The first kappa shape index (κ1) is 16.5. The lowest BCUT2D eigenvalue weighted by Gasteiger charge is -2.37. The third kappa shape index (κ3) is 4.80. The summed E-state index contributed by atoms with van der Waals surface area (Å²) >= 11 is 0. The van der Waals surface area contributed by atoms with E-state index in [9.17, 15) is 5.11 Å². The van der Waals surface area contributed by atoms with Crippen LogP contribution in [-0.4, -0.2) is 41.8 Å². The predicted molar refractivity (Wildman–Crippen MR) is 88.5 cm³/mol. The number of aryl methyl sites for hydroxylation is 1. The van der Waals surface area contributed by atoms with Gasteiger partial charge in [-0.15, -0.1) is 0 Å². The maximum atomic E-state index is 10.2. The van der Waals surface area contributed by atoms with Gasteiger partial charge in [-0.05, 0) is 57.3 Å². The van der Waals surface area contributed by atoms with Gasteiger partial charge in [-0.1, -0.05) is 31.2 Å². The van der Waals surface area contributed by atoms with Crippen molar-refractivity contribution < 1.29 is 5.11 Å². The van der Waals surface area contributed by atoms with Crippen molar-refractivity contribution in [3.8, 4) is 0 Å². The molecule has 1 heterocycles. The van der Waals surface area contributed by atoms with Crippen molar-refractivity contribution in [3.05, 3.63) is 35.4 Å². The van der Waals surface area contributed by atoms with E-state index in [1.54, 1.807) is 0 Å². The zero-order chi connectivity index (χ0) is 15.3. The molecule has 21 heavy (non-hydrogen) atoms. The summed E-state index contributed by atoms with van der Waals surface area (Å²) < 4.78 is 0. The summed E-state index contributed by atoms with van der Waals surface area (Å²) in [5.74, 6) is 0. The number of likely N-dealkylation sites (tertiary alicyclic amines) is 1. The summed E-state index contributed by atoms with van der Waals surface area (Å²) in [5, 5.41) is 13.8. The van der Waals surface area contributed by atoms with Gasteiger partial charge in [-0.3, -0.25) is 0 Å². The molecule has 3 heteroatoms. The molecule has 1 aliphatic heterocycles. The van der Waals surface area contributed by atoms with E-state index in [-0.39, 0.29) is 0 Å². The maximum Gasteiger partial charge on any atom is 0.0746 e. The third-order valence-electron chi connectivity index (χ3n) is 4.50. The van der Waals surface area contributed by atoms with Crippen LogP contribution in [0.5, 0.6) is 0 Å². The summed E-state index contributed by atoms with van der Waals surface area (Å²) in [5.41, 5.74) is 2.26. The summed E-state index contributed by atoms with van der Waals surface area (Å²) in [4.78, 5) is 2.41. The number of hydrogen-bond donors (Lipinski definition) is 2. The molecule has 118 valence electrons. The standard InChI is InChI=1S/C18H30N2O/c1-4-19-17(16-9-6-5-8-15(16)2)10-13-20-12-7-11-18(3,21)14-20/h5-6,8-9,17,19,21H,4,7,10-14H2,1-3H3. The van der Waals surface area contributed by atoms with Crippen molar-refractivity contribution in [2.45, 2.75) is 51.7 Å². The maximum absolute atomic E-state index is 10.2. The van der Waals surface area contributed by atoms with Crippen molar-refractivity contribution in [3.63, 3.8) is 0 Å². The number of piperidine rings is 1.